The van der Waals surface area contributed by atoms with Crippen LogP contribution in [0.1, 0.15) is 26.2 Å². The minimum atomic E-state index is -3.42. The van der Waals surface area contributed by atoms with Crippen molar-refractivity contribution in [2.24, 2.45) is 0 Å². The lowest BCUT2D eigenvalue weighted by Crippen LogP contribution is -2.43. The Balaban J connectivity index is 2.60. The average Bonchev–Trinajstić information content (AvgIpc) is 2.09. The highest BCUT2D eigenvalue weighted by molar-refractivity contribution is 7.89. The second-order valence-electron chi connectivity index (χ2n) is 3.65. The fourth-order valence-corrected chi connectivity index (χ4v) is 2.86. The molecule has 1 rings (SSSR count). The van der Waals surface area contributed by atoms with Gasteiger partial charge in [0, 0.05) is 6.42 Å². The first-order valence-corrected chi connectivity index (χ1v) is 6.58. The van der Waals surface area contributed by atoms with Crippen LogP contribution in [0.4, 0.5) is 8.78 Å². The minimum Gasteiger partial charge on any atom is -0.245 e. The van der Waals surface area contributed by atoms with Crippen LogP contribution in [0.5, 0.6) is 0 Å². The summed E-state index contributed by atoms with van der Waals surface area (Å²) in [6, 6.07) is -0.818. The minimum absolute atomic E-state index is 0.0254. The molecule has 6 heteroatoms. The van der Waals surface area contributed by atoms with Crippen LogP contribution in [-0.4, -0.2) is 26.4 Å². The van der Waals surface area contributed by atoms with E-state index in [4.69, 9.17) is 0 Å². The van der Waals surface area contributed by atoms with E-state index in [9.17, 15) is 17.2 Å². The van der Waals surface area contributed by atoms with Crippen LogP contribution >= 0.6 is 0 Å². The molecular formula is C9H15F2NO2S. The predicted molar refractivity (Wildman–Crippen MR) is 54.3 cm³/mol. The van der Waals surface area contributed by atoms with Crippen molar-refractivity contribution < 1.29 is 17.2 Å². The number of allylic oxidation sites excluding steroid dienone is 1. The second kappa shape index (κ2) is 5.03. The molecule has 0 saturated carbocycles. The summed E-state index contributed by atoms with van der Waals surface area (Å²) in [5.74, 6) is -0.531. The summed E-state index contributed by atoms with van der Waals surface area (Å²) in [7, 11) is -3.42. The van der Waals surface area contributed by atoms with E-state index in [-0.39, 0.29) is 18.6 Å². The largest absolute Gasteiger partial charge is 0.245 e. The van der Waals surface area contributed by atoms with E-state index in [2.05, 4.69) is 4.72 Å². The molecule has 0 saturated heterocycles. The first-order valence-electron chi connectivity index (χ1n) is 4.93. The van der Waals surface area contributed by atoms with Gasteiger partial charge in [0.25, 0.3) is 0 Å². The van der Waals surface area contributed by atoms with Gasteiger partial charge in [-0.05, 0) is 12.8 Å². The summed E-state index contributed by atoms with van der Waals surface area (Å²) in [4.78, 5) is 0. The molecule has 0 aromatic heterocycles. The van der Waals surface area contributed by atoms with Crippen molar-refractivity contribution in [3.8, 4) is 0 Å². The summed E-state index contributed by atoms with van der Waals surface area (Å²) >= 11 is 0. The van der Waals surface area contributed by atoms with Crippen LogP contribution in [0.2, 0.25) is 0 Å². The molecule has 0 radical (unpaired) electrons. The maximum atomic E-state index is 13.3. The van der Waals surface area contributed by atoms with Crippen LogP contribution in [0.25, 0.3) is 0 Å². The SMILES string of the molecule is CCCS(=O)(=O)NC1CC=C(F)CC1F. The van der Waals surface area contributed by atoms with E-state index in [0.717, 1.165) is 0 Å². The molecule has 3 nitrogen and oxygen atoms in total. The number of halogens is 2. The first kappa shape index (κ1) is 12.6. The van der Waals surface area contributed by atoms with E-state index in [1.807, 2.05) is 0 Å². The number of rotatable bonds is 4. The molecule has 2 atom stereocenters. The van der Waals surface area contributed by atoms with E-state index in [1.54, 1.807) is 6.92 Å². The van der Waals surface area contributed by atoms with Gasteiger partial charge in [-0.3, -0.25) is 0 Å². The zero-order chi connectivity index (χ0) is 11.5. The molecule has 88 valence electrons. The van der Waals surface area contributed by atoms with Gasteiger partial charge < -0.3 is 0 Å². The zero-order valence-corrected chi connectivity index (χ0v) is 9.36. The van der Waals surface area contributed by atoms with Crippen molar-refractivity contribution in [2.75, 3.05) is 5.75 Å². The van der Waals surface area contributed by atoms with Gasteiger partial charge in [0.15, 0.2) is 0 Å². The fourth-order valence-electron chi connectivity index (χ4n) is 1.49. The third-order valence-corrected chi connectivity index (χ3v) is 3.83. The van der Waals surface area contributed by atoms with Gasteiger partial charge in [-0.1, -0.05) is 13.0 Å². The summed E-state index contributed by atoms with van der Waals surface area (Å²) in [5.41, 5.74) is 0. The standard InChI is InChI=1S/C9H15F2NO2S/c1-2-5-15(13,14)12-9-4-3-7(10)6-8(9)11/h3,8-9,12H,2,4-6H2,1H3. The lowest BCUT2D eigenvalue weighted by molar-refractivity contribution is 0.241. The number of alkyl halides is 1. The van der Waals surface area contributed by atoms with Crippen LogP contribution < -0.4 is 4.72 Å². The Hall–Kier alpha value is -0.490. The van der Waals surface area contributed by atoms with E-state index >= 15 is 0 Å². The highest BCUT2D eigenvalue weighted by atomic mass is 32.2. The van der Waals surface area contributed by atoms with Gasteiger partial charge >= 0.3 is 0 Å². The normalized spacial score (nSPS) is 27.5. The Kier molecular flexibility index (Phi) is 4.21. The lowest BCUT2D eigenvalue weighted by atomic mass is 10.0. The highest BCUT2D eigenvalue weighted by Gasteiger charge is 2.28. The van der Waals surface area contributed by atoms with Crippen molar-refractivity contribution >= 4 is 10.0 Å². The predicted octanol–water partition coefficient (Wildman–Crippen LogP) is 1.67. The number of hydrogen-bond acceptors (Lipinski definition) is 2. The molecule has 0 aromatic carbocycles. The van der Waals surface area contributed by atoms with E-state index in [1.165, 1.54) is 6.08 Å². The quantitative estimate of drug-likeness (QED) is 0.811. The molecule has 2 unspecified atom stereocenters. The molecule has 15 heavy (non-hydrogen) atoms. The Morgan fingerprint density at radius 3 is 2.80 bits per heavy atom. The molecular weight excluding hydrogens is 224 g/mol. The summed E-state index contributed by atoms with van der Waals surface area (Å²) in [6.45, 7) is 1.73. The van der Waals surface area contributed by atoms with Crippen molar-refractivity contribution in [3.05, 3.63) is 11.9 Å². The smallest absolute Gasteiger partial charge is 0.211 e. The Morgan fingerprint density at radius 1 is 1.60 bits per heavy atom. The van der Waals surface area contributed by atoms with Gasteiger partial charge in [-0.2, -0.15) is 0 Å². The second-order valence-corrected chi connectivity index (χ2v) is 5.52. The van der Waals surface area contributed by atoms with Crippen molar-refractivity contribution in [1.82, 2.24) is 4.72 Å². The first-order chi connectivity index (χ1) is 6.94. The van der Waals surface area contributed by atoms with E-state index < -0.39 is 28.1 Å². The molecule has 1 N–H and O–H groups in total. The van der Waals surface area contributed by atoms with Crippen LogP contribution in [0.15, 0.2) is 11.9 Å². The van der Waals surface area contributed by atoms with Gasteiger partial charge in [-0.15, -0.1) is 0 Å². The molecule has 0 spiro atoms. The van der Waals surface area contributed by atoms with Crippen molar-refractivity contribution in [2.45, 2.75) is 38.4 Å². The molecule has 1 aliphatic carbocycles. The Bertz CT molecular complexity index is 340. The molecule has 0 fully saturated rings. The average molecular weight is 239 g/mol. The zero-order valence-electron chi connectivity index (χ0n) is 8.54. The molecule has 0 amide bonds. The summed E-state index contributed by atoms with van der Waals surface area (Å²) in [6.07, 6.45) is -0.0187. The van der Waals surface area contributed by atoms with E-state index in [0.29, 0.717) is 6.42 Å². The van der Waals surface area contributed by atoms with Gasteiger partial charge in [0.05, 0.1) is 17.6 Å². The van der Waals surface area contributed by atoms with Crippen LogP contribution in [-0.2, 0) is 10.0 Å². The van der Waals surface area contributed by atoms with Crippen LogP contribution in [0, 0.1) is 0 Å². The lowest BCUT2D eigenvalue weighted by Gasteiger charge is -2.23. The van der Waals surface area contributed by atoms with Crippen molar-refractivity contribution in [1.29, 1.82) is 0 Å². The maximum absolute atomic E-state index is 13.3. The maximum Gasteiger partial charge on any atom is 0.211 e. The van der Waals surface area contributed by atoms with Crippen LogP contribution in [0.3, 0.4) is 0 Å². The summed E-state index contributed by atoms with van der Waals surface area (Å²) in [5, 5.41) is 0. The molecule has 0 aliphatic heterocycles. The Labute approximate surface area is 88.6 Å². The number of nitrogens with one attached hydrogen (secondary N) is 1. The number of sulfonamides is 1. The molecule has 1 aliphatic rings. The topological polar surface area (TPSA) is 46.2 Å². The monoisotopic (exact) mass is 239 g/mol. The van der Waals surface area contributed by atoms with Gasteiger partial charge in [-0.25, -0.2) is 21.9 Å². The molecule has 0 aromatic rings. The molecule has 0 heterocycles. The van der Waals surface area contributed by atoms with Gasteiger partial charge in [0.2, 0.25) is 10.0 Å². The Morgan fingerprint density at radius 2 is 2.27 bits per heavy atom. The number of hydrogen-bond donors (Lipinski definition) is 1. The third-order valence-electron chi connectivity index (χ3n) is 2.22. The fraction of sp³-hybridized carbons (Fsp3) is 0.778. The van der Waals surface area contributed by atoms with Gasteiger partial charge in [0.1, 0.15) is 6.17 Å². The summed E-state index contributed by atoms with van der Waals surface area (Å²) < 4.78 is 50.8. The third kappa shape index (κ3) is 3.87. The highest BCUT2D eigenvalue weighted by Crippen LogP contribution is 2.22. The molecule has 0 bridgehead atoms. The van der Waals surface area contributed by atoms with Crippen molar-refractivity contribution in [3.63, 3.8) is 0 Å².